The van der Waals surface area contributed by atoms with E-state index in [4.69, 9.17) is 21.1 Å². The normalized spacial score (nSPS) is 15.8. The molecule has 1 fully saturated rings. The first kappa shape index (κ1) is 15.9. The summed E-state index contributed by atoms with van der Waals surface area (Å²) in [5.74, 6) is -0.0424. The van der Waals surface area contributed by atoms with Crippen LogP contribution in [0.15, 0.2) is 40.8 Å². The van der Waals surface area contributed by atoms with Gasteiger partial charge in [0.15, 0.2) is 5.22 Å². The summed E-state index contributed by atoms with van der Waals surface area (Å²) in [6, 6.07) is 11.2. The van der Waals surface area contributed by atoms with Crippen molar-refractivity contribution < 1.29 is 14.3 Å². The van der Waals surface area contributed by atoms with E-state index in [1.807, 2.05) is 18.2 Å². The van der Waals surface area contributed by atoms with Crippen molar-refractivity contribution in [1.82, 2.24) is 5.32 Å². The molecule has 2 aromatic rings. The molecule has 1 aromatic heterocycles. The van der Waals surface area contributed by atoms with E-state index in [0.29, 0.717) is 23.4 Å². The molecular weight excluding hydrogens is 316 g/mol. The fraction of sp³-hybridized carbons (Fsp3) is 0.353. The summed E-state index contributed by atoms with van der Waals surface area (Å²) in [5, 5.41) is 12.8. The number of furan rings is 1. The lowest BCUT2D eigenvalue weighted by Gasteiger charge is -2.34. The molecule has 0 atom stereocenters. The van der Waals surface area contributed by atoms with Gasteiger partial charge in [0.1, 0.15) is 5.76 Å². The van der Waals surface area contributed by atoms with Gasteiger partial charge in [0.2, 0.25) is 0 Å². The second-order valence-corrected chi connectivity index (χ2v) is 6.07. The molecule has 1 aliphatic heterocycles. The molecule has 0 bridgehead atoms. The molecule has 0 spiro atoms. The monoisotopic (exact) mass is 334 g/mol. The number of anilines is 1. The van der Waals surface area contributed by atoms with Gasteiger partial charge in [0.05, 0.1) is 12.1 Å². The van der Waals surface area contributed by atoms with E-state index in [2.05, 4.69) is 10.2 Å². The van der Waals surface area contributed by atoms with Crippen LogP contribution in [0.2, 0.25) is 5.22 Å². The summed E-state index contributed by atoms with van der Waals surface area (Å²) in [6.45, 7) is 2.58. The Morgan fingerprint density at radius 2 is 1.91 bits per heavy atom. The molecule has 0 saturated carbocycles. The summed E-state index contributed by atoms with van der Waals surface area (Å²) in [4.78, 5) is 13.2. The van der Waals surface area contributed by atoms with Crippen LogP contribution >= 0.6 is 11.6 Å². The van der Waals surface area contributed by atoms with Crippen molar-refractivity contribution in [3.63, 3.8) is 0 Å². The van der Waals surface area contributed by atoms with E-state index >= 15 is 0 Å². The average Bonchev–Trinajstić information content (AvgIpc) is 2.99. The molecule has 3 rings (SSSR count). The molecule has 0 radical (unpaired) electrons. The number of rotatable bonds is 5. The number of benzene rings is 1. The summed E-state index contributed by atoms with van der Waals surface area (Å²) >= 11 is 5.76. The Bertz CT molecular complexity index is 661. The Kier molecular flexibility index (Phi) is 4.88. The Morgan fingerprint density at radius 3 is 2.48 bits per heavy atom. The minimum atomic E-state index is -0.891. The number of hydrogen-bond acceptors (Lipinski definition) is 4. The van der Waals surface area contributed by atoms with Crippen LogP contribution in [0.5, 0.6) is 0 Å². The first-order valence-electron chi connectivity index (χ1n) is 7.68. The Hall–Kier alpha value is -1.98. The molecular formula is C17H19ClN2O3. The third-order valence-corrected chi connectivity index (χ3v) is 4.37. The number of carboxylic acids is 1. The molecule has 0 amide bonds. The maximum Gasteiger partial charge on any atom is 0.335 e. The first-order chi connectivity index (χ1) is 11.1. The van der Waals surface area contributed by atoms with Crippen molar-refractivity contribution >= 4 is 23.3 Å². The summed E-state index contributed by atoms with van der Waals surface area (Å²) in [5.41, 5.74) is 1.40. The van der Waals surface area contributed by atoms with Crippen molar-refractivity contribution in [2.75, 3.05) is 18.0 Å². The lowest BCUT2D eigenvalue weighted by atomic mass is 10.0. The zero-order valence-corrected chi connectivity index (χ0v) is 13.4. The topological polar surface area (TPSA) is 65.7 Å². The molecule has 2 N–H and O–H groups in total. The molecule has 0 aliphatic carbocycles. The standard InChI is InChI=1S/C17H19ClN2O3/c18-16-6-5-15(23-16)11-19-13-7-9-20(10-8-13)14-3-1-12(2-4-14)17(21)22/h1-6,13,19H,7-11H2,(H,21,22). The maximum absolute atomic E-state index is 10.9. The second-order valence-electron chi connectivity index (χ2n) is 5.70. The molecule has 23 heavy (non-hydrogen) atoms. The van der Waals surface area contributed by atoms with Crippen LogP contribution in [-0.2, 0) is 6.54 Å². The molecule has 2 heterocycles. The first-order valence-corrected chi connectivity index (χ1v) is 8.05. The van der Waals surface area contributed by atoms with Gasteiger partial charge in [0, 0.05) is 24.8 Å². The predicted molar refractivity (Wildman–Crippen MR) is 89.2 cm³/mol. The number of carbonyl (C=O) groups is 1. The highest BCUT2D eigenvalue weighted by atomic mass is 35.5. The van der Waals surface area contributed by atoms with Crippen molar-refractivity contribution in [2.45, 2.75) is 25.4 Å². The average molecular weight is 335 g/mol. The lowest BCUT2D eigenvalue weighted by molar-refractivity contribution is 0.0697. The number of hydrogen-bond donors (Lipinski definition) is 2. The van der Waals surface area contributed by atoms with E-state index in [1.54, 1.807) is 18.2 Å². The Balaban J connectivity index is 1.49. The van der Waals surface area contributed by atoms with Gasteiger partial charge in [-0.15, -0.1) is 0 Å². The van der Waals surface area contributed by atoms with Gasteiger partial charge in [-0.1, -0.05) is 0 Å². The van der Waals surface area contributed by atoms with Crippen LogP contribution in [0, 0.1) is 0 Å². The van der Waals surface area contributed by atoms with Crippen molar-refractivity contribution in [3.8, 4) is 0 Å². The largest absolute Gasteiger partial charge is 0.478 e. The summed E-state index contributed by atoms with van der Waals surface area (Å²) in [7, 11) is 0. The highest BCUT2D eigenvalue weighted by Crippen LogP contribution is 2.21. The molecule has 122 valence electrons. The smallest absolute Gasteiger partial charge is 0.335 e. The quantitative estimate of drug-likeness (QED) is 0.877. The van der Waals surface area contributed by atoms with Crippen molar-refractivity contribution in [3.05, 3.63) is 52.9 Å². The summed E-state index contributed by atoms with van der Waals surface area (Å²) in [6.07, 6.45) is 2.07. The Labute approximate surface area is 139 Å². The van der Waals surface area contributed by atoms with E-state index in [-0.39, 0.29) is 0 Å². The van der Waals surface area contributed by atoms with Crippen LogP contribution in [0.1, 0.15) is 29.0 Å². The number of piperidine rings is 1. The third kappa shape index (κ3) is 4.06. The minimum Gasteiger partial charge on any atom is -0.478 e. The predicted octanol–water partition coefficient (Wildman–Crippen LogP) is 3.39. The molecule has 1 aliphatic rings. The fourth-order valence-corrected chi connectivity index (χ4v) is 3.01. The second kappa shape index (κ2) is 7.06. The molecule has 1 aromatic carbocycles. The van der Waals surface area contributed by atoms with E-state index in [0.717, 1.165) is 37.4 Å². The van der Waals surface area contributed by atoms with Gasteiger partial charge in [-0.05, 0) is 60.8 Å². The van der Waals surface area contributed by atoms with Gasteiger partial charge >= 0.3 is 5.97 Å². The van der Waals surface area contributed by atoms with Gasteiger partial charge in [-0.25, -0.2) is 4.79 Å². The molecule has 1 saturated heterocycles. The van der Waals surface area contributed by atoms with Crippen LogP contribution in [-0.4, -0.2) is 30.2 Å². The Morgan fingerprint density at radius 1 is 1.22 bits per heavy atom. The number of halogens is 1. The lowest BCUT2D eigenvalue weighted by Crippen LogP contribution is -2.42. The van der Waals surface area contributed by atoms with Gasteiger partial charge in [-0.3, -0.25) is 0 Å². The van der Waals surface area contributed by atoms with E-state index in [1.165, 1.54) is 0 Å². The van der Waals surface area contributed by atoms with Crippen LogP contribution < -0.4 is 10.2 Å². The number of nitrogens with zero attached hydrogens (tertiary/aromatic N) is 1. The zero-order chi connectivity index (χ0) is 16.2. The van der Waals surface area contributed by atoms with E-state index in [9.17, 15) is 4.79 Å². The van der Waals surface area contributed by atoms with Gasteiger partial charge in [-0.2, -0.15) is 0 Å². The van der Waals surface area contributed by atoms with E-state index < -0.39 is 5.97 Å². The minimum absolute atomic E-state index is 0.322. The zero-order valence-electron chi connectivity index (χ0n) is 12.7. The van der Waals surface area contributed by atoms with Crippen molar-refractivity contribution in [1.29, 1.82) is 0 Å². The van der Waals surface area contributed by atoms with Crippen molar-refractivity contribution in [2.24, 2.45) is 0 Å². The molecule has 5 nitrogen and oxygen atoms in total. The SMILES string of the molecule is O=C(O)c1ccc(N2CCC(NCc3ccc(Cl)o3)CC2)cc1. The van der Waals surface area contributed by atoms with Crippen LogP contribution in [0.25, 0.3) is 0 Å². The molecule has 6 heteroatoms. The van der Waals surface area contributed by atoms with Gasteiger partial charge in [0.25, 0.3) is 0 Å². The van der Waals surface area contributed by atoms with Gasteiger partial charge < -0.3 is 19.7 Å². The highest BCUT2D eigenvalue weighted by molar-refractivity contribution is 6.28. The third-order valence-electron chi connectivity index (χ3n) is 4.17. The molecule has 0 unspecified atom stereocenters. The van der Waals surface area contributed by atoms with Crippen LogP contribution in [0.3, 0.4) is 0 Å². The maximum atomic E-state index is 10.9. The highest BCUT2D eigenvalue weighted by Gasteiger charge is 2.19. The number of aromatic carboxylic acids is 1. The van der Waals surface area contributed by atoms with Crippen LogP contribution in [0.4, 0.5) is 5.69 Å². The summed E-state index contributed by atoms with van der Waals surface area (Å²) < 4.78 is 5.34. The number of carboxylic acid groups (broad SMARTS) is 1. The fourth-order valence-electron chi connectivity index (χ4n) is 2.85. The number of nitrogens with one attached hydrogen (secondary N) is 1.